The van der Waals surface area contributed by atoms with Gasteiger partial charge in [-0.15, -0.1) is 11.3 Å². The van der Waals surface area contributed by atoms with Crippen LogP contribution in [-0.2, 0) is 4.79 Å². The molecule has 1 aromatic carbocycles. The molecule has 7 heteroatoms. The molecule has 0 bridgehead atoms. The highest BCUT2D eigenvalue weighted by atomic mass is 35.5. The lowest BCUT2D eigenvalue weighted by Gasteiger charge is -2.20. The van der Waals surface area contributed by atoms with E-state index in [1.807, 2.05) is 24.3 Å². The Morgan fingerprint density at radius 3 is 2.46 bits per heavy atom. The van der Waals surface area contributed by atoms with E-state index < -0.39 is 0 Å². The molecule has 0 aliphatic carbocycles. The van der Waals surface area contributed by atoms with E-state index in [2.05, 4.69) is 4.98 Å². The molecule has 0 atom stereocenters. The Labute approximate surface area is 149 Å². The van der Waals surface area contributed by atoms with Crippen LogP contribution in [0.1, 0.15) is 23.8 Å². The lowest BCUT2D eigenvalue weighted by Crippen LogP contribution is -2.36. The Bertz CT molecular complexity index is 745. The van der Waals surface area contributed by atoms with Crippen LogP contribution >= 0.6 is 22.9 Å². The standard InChI is InChI=1S/C17H18ClN3O2S/c1-12(22)20-7-2-8-21(10-9-20)17(23)15-11-24-16(19-15)13-3-5-14(18)6-4-13/h3-6,11H,2,7-10H2,1H3. The zero-order valence-electron chi connectivity index (χ0n) is 13.4. The number of halogens is 1. The summed E-state index contributed by atoms with van der Waals surface area (Å²) < 4.78 is 0. The molecule has 0 radical (unpaired) electrons. The molecular formula is C17H18ClN3O2S. The van der Waals surface area contributed by atoms with E-state index in [0.717, 1.165) is 17.0 Å². The van der Waals surface area contributed by atoms with Crippen LogP contribution in [0.5, 0.6) is 0 Å². The van der Waals surface area contributed by atoms with Crippen molar-refractivity contribution in [3.8, 4) is 10.6 Å². The molecule has 1 fully saturated rings. The van der Waals surface area contributed by atoms with Crippen molar-refractivity contribution in [1.29, 1.82) is 0 Å². The van der Waals surface area contributed by atoms with Crippen LogP contribution in [0.25, 0.3) is 10.6 Å². The van der Waals surface area contributed by atoms with Gasteiger partial charge in [-0.2, -0.15) is 0 Å². The van der Waals surface area contributed by atoms with Gasteiger partial charge in [-0.05, 0) is 18.6 Å². The largest absolute Gasteiger partial charge is 0.341 e. The van der Waals surface area contributed by atoms with E-state index in [4.69, 9.17) is 11.6 Å². The van der Waals surface area contributed by atoms with Gasteiger partial charge in [0, 0.05) is 49.1 Å². The van der Waals surface area contributed by atoms with Crippen molar-refractivity contribution in [2.24, 2.45) is 0 Å². The van der Waals surface area contributed by atoms with Crippen LogP contribution in [0.2, 0.25) is 5.02 Å². The first kappa shape index (κ1) is 16.9. The molecule has 0 unspecified atom stereocenters. The zero-order chi connectivity index (χ0) is 17.1. The fourth-order valence-electron chi connectivity index (χ4n) is 2.69. The van der Waals surface area contributed by atoms with Crippen molar-refractivity contribution >= 4 is 34.8 Å². The number of amides is 2. The average Bonchev–Trinajstić information content (AvgIpc) is 2.92. The second-order valence-electron chi connectivity index (χ2n) is 5.70. The fourth-order valence-corrected chi connectivity index (χ4v) is 3.62. The lowest BCUT2D eigenvalue weighted by atomic mass is 10.2. The highest BCUT2D eigenvalue weighted by Gasteiger charge is 2.23. The third-order valence-electron chi connectivity index (χ3n) is 4.04. The number of benzene rings is 1. The van der Waals surface area contributed by atoms with Gasteiger partial charge < -0.3 is 9.80 Å². The molecule has 2 aromatic rings. The number of hydrogen-bond donors (Lipinski definition) is 0. The highest BCUT2D eigenvalue weighted by Crippen LogP contribution is 2.25. The van der Waals surface area contributed by atoms with Gasteiger partial charge in [-0.25, -0.2) is 4.98 Å². The third-order valence-corrected chi connectivity index (χ3v) is 5.19. The van der Waals surface area contributed by atoms with Gasteiger partial charge in [0.1, 0.15) is 10.7 Å². The number of carbonyl (C=O) groups is 2. The van der Waals surface area contributed by atoms with E-state index >= 15 is 0 Å². The third kappa shape index (κ3) is 3.76. The van der Waals surface area contributed by atoms with E-state index in [1.54, 1.807) is 22.1 Å². The minimum Gasteiger partial charge on any atom is -0.341 e. The molecule has 1 aromatic heterocycles. The van der Waals surface area contributed by atoms with Gasteiger partial charge in [0.05, 0.1) is 0 Å². The lowest BCUT2D eigenvalue weighted by molar-refractivity contribution is -0.128. The van der Waals surface area contributed by atoms with Gasteiger partial charge in [-0.1, -0.05) is 23.7 Å². The van der Waals surface area contributed by atoms with Gasteiger partial charge in [0.25, 0.3) is 5.91 Å². The summed E-state index contributed by atoms with van der Waals surface area (Å²) in [5, 5.41) is 3.27. The smallest absolute Gasteiger partial charge is 0.273 e. The molecule has 126 valence electrons. The van der Waals surface area contributed by atoms with Crippen LogP contribution in [-0.4, -0.2) is 52.8 Å². The molecule has 5 nitrogen and oxygen atoms in total. The second kappa shape index (κ2) is 7.32. The number of rotatable bonds is 2. The maximum absolute atomic E-state index is 12.7. The molecule has 1 saturated heterocycles. The molecule has 24 heavy (non-hydrogen) atoms. The van der Waals surface area contributed by atoms with Gasteiger partial charge in [-0.3, -0.25) is 9.59 Å². The monoisotopic (exact) mass is 363 g/mol. The highest BCUT2D eigenvalue weighted by molar-refractivity contribution is 7.13. The zero-order valence-corrected chi connectivity index (χ0v) is 14.9. The van der Waals surface area contributed by atoms with Crippen molar-refractivity contribution in [3.63, 3.8) is 0 Å². The molecule has 0 N–H and O–H groups in total. The minimum atomic E-state index is -0.0723. The predicted octanol–water partition coefficient (Wildman–Crippen LogP) is 3.16. The summed E-state index contributed by atoms with van der Waals surface area (Å²) in [7, 11) is 0. The minimum absolute atomic E-state index is 0.0583. The molecule has 0 saturated carbocycles. The first-order valence-electron chi connectivity index (χ1n) is 7.81. The summed E-state index contributed by atoms with van der Waals surface area (Å²) in [5.74, 6) is -0.0140. The van der Waals surface area contributed by atoms with E-state index in [1.165, 1.54) is 11.3 Å². The first-order valence-corrected chi connectivity index (χ1v) is 9.06. The Balaban J connectivity index is 1.71. The summed E-state index contributed by atoms with van der Waals surface area (Å²) in [5.41, 5.74) is 1.41. The van der Waals surface area contributed by atoms with Crippen LogP contribution < -0.4 is 0 Å². The summed E-state index contributed by atoms with van der Waals surface area (Å²) >= 11 is 7.35. The maximum atomic E-state index is 12.7. The number of thiazole rings is 1. The average molecular weight is 364 g/mol. The summed E-state index contributed by atoms with van der Waals surface area (Å²) in [6, 6.07) is 7.41. The molecule has 1 aliphatic heterocycles. The Kier molecular flexibility index (Phi) is 5.16. The number of nitrogens with zero attached hydrogens (tertiary/aromatic N) is 3. The summed E-state index contributed by atoms with van der Waals surface area (Å²) in [4.78, 5) is 32.2. The maximum Gasteiger partial charge on any atom is 0.273 e. The Hall–Kier alpha value is -1.92. The predicted molar refractivity (Wildman–Crippen MR) is 95.3 cm³/mol. The van der Waals surface area contributed by atoms with Crippen LogP contribution in [0.3, 0.4) is 0 Å². The molecule has 3 rings (SSSR count). The van der Waals surface area contributed by atoms with Crippen molar-refractivity contribution in [3.05, 3.63) is 40.4 Å². The second-order valence-corrected chi connectivity index (χ2v) is 6.99. The molecule has 2 heterocycles. The Morgan fingerprint density at radius 2 is 1.75 bits per heavy atom. The van der Waals surface area contributed by atoms with Gasteiger partial charge in [0.2, 0.25) is 5.91 Å². The normalized spacial score (nSPS) is 15.2. The van der Waals surface area contributed by atoms with Crippen molar-refractivity contribution < 1.29 is 9.59 Å². The van der Waals surface area contributed by atoms with E-state index in [0.29, 0.717) is 36.9 Å². The Morgan fingerprint density at radius 1 is 1.08 bits per heavy atom. The quantitative estimate of drug-likeness (QED) is 0.823. The number of carbonyl (C=O) groups excluding carboxylic acids is 2. The molecular weight excluding hydrogens is 346 g/mol. The van der Waals surface area contributed by atoms with E-state index in [-0.39, 0.29) is 11.8 Å². The van der Waals surface area contributed by atoms with Crippen molar-refractivity contribution in [2.45, 2.75) is 13.3 Å². The molecule has 1 aliphatic rings. The van der Waals surface area contributed by atoms with Crippen molar-refractivity contribution in [2.75, 3.05) is 26.2 Å². The SMILES string of the molecule is CC(=O)N1CCCN(C(=O)c2csc(-c3ccc(Cl)cc3)n2)CC1. The van der Waals surface area contributed by atoms with Crippen LogP contribution in [0, 0.1) is 0 Å². The van der Waals surface area contributed by atoms with Crippen LogP contribution in [0.4, 0.5) is 0 Å². The van der Waals surface area contributed by atoms with E-state index in [9.17, 15) is 9.59 Å². The number of aromatic nitrogens is 1. The van der Waals surface area contributed by atoms with Gasteiger partial charge in [0.15, 0.2) is 0 Å². The summed E-state index contributed by atoms with van der Waals surface area (Å²) in [6.07, 6.45) is 0.791. The van der Waals surface area contributed by atoms with Gasteiger partial charge >= 0.3 is 0 Å². The molecule has 0 spiro atoms. The van der Waals surface area contributed by atoms with Crippen LogP contribution in [0.15, 0.2) is 29.6 Å². The van der Waals surface area contributed by atoms with Crippen molar-refractivity contribution in [1.82, 2.24) is 14.8 Å². The number of hydrogen-bond acceptors (Lipinski definition) is 4. The molecule has 2 amide bonds. The summed E-state index contributed by atoms with van der Waals surface area (Å²) in [6.45, 7) is 4.04. The first-order chi connectivity index (χ1) is 11.5. The topological polar surface area (TPSA) is 53.5 Å². The fraction of sp³-hybridized carbons (Fsp3) is 0.353.